The summed E-state index contributed by atoms with van der Waals surface area (Å²) in [4.78, 5) is 25.1. The Morgan fingerprint density at radius 1 is 1.04 bits per heavy atom. The smallest absolute Gasteiger partial charge is 0.342 e. The Kier molecular flexibility index (Phi) is 2.73. The molecule has 5 nitrogen and oxygen atoms in total. The molecule has 1 unspecified atom stereocenters. The van der Waals surface area contributed by atoms with Gasteiger partial charge in [-0.25, -0.2) is 9.59 Å². The van der Waals surface area contributed by atoms with Crippen molar-refractivity contribution in [1.82, 2.24) is 0 Å². The molecule has 2 aliphatic heterocycles. The maximum absolute atomic E-state index is 12.8. The SMILES string of the molecule is COC(=O)[C@@H]1O[C@]12C(=O)OCC21CC2c3ccccc3C1c1ccccc12. The third-order valence-corrected chi connectivity index (χ3v) is 7.02. The number of cyclic esters (lactones) is 1. The van der Waals surface area contributed by atoms with Gasteiger partial charge < -0.3 is 14.2 Å². The molecule has 27 heavy (non-hydrogen) atoms. The topological polar surface area (TPSA) is 65.1 Å². The van der Waals surface area contributed by atoms with Gasteiger partial charge in [0.1, 0.15) is 6.61 Å². The molecule has 2 aromatic carbocycles. The van der Waals surface area contributed by atoms with Crippen molar-refractivity contribution in [2.75, 3.05) is 13.7 Å². The summed E-state index contributed by atoms with van der Waals surface area (Å²) in [6.07, 6.45) is -0.151. The van der Waals surface area contributed by atoms with E-state index in [1.807, 2.05) is 12.1 Å². The van der Waals surface area contributed by atoms with Crippen LogP contribution in [0.4, 0.5) is 0 Å². The van der Waals surface area contributed by atoms with E-state index in [1.165, 1.54) is 29.4 Å². The van der Waals surface area contributed by atoms with Crippen molar-refractivity contribution >= 4 is 11.9 Å². The second-order valence-electron chi connectivity index (χ2n) is 7.94. The number of methoxy groups -OCH3 is 1. The lowest BCUT2D eigenvalue weighted by molar-refractivity contribution is -0.145. The highest BCUT2D eigenvalue weighted by atomic mass is 16.7. The van der Waals surface area contributed by atoms with Gasteiger partial charge in [0.15, 0.2) is 6.10 Å². The van der Waals surface area contributed by atoms with Gasteiger partial charge in [-0.15, -0.1) is 0 Å². The number of hydrogen-bond donors (Lipinski definition) is 0. The minimum absolute atomic E-state index is 0.0454. The normalized spacial score (nSPS) is 37.1. The lowest BCUT2D eigenvalue weighted by Gasteiger charge is -2.52. The average Bonchev–Trinajstić information content (AvgIpc) is 3.44. The molecule has 3 aliphatic carbocycles. The fourth-order valence-electron chi connectivity index (χ4n) is 5.94. The predicted octanol–water partition coefficient (Wildman–Crippen LogP) is 2.52. The number of carbonyl (C=O) groups is 2. The van der Waals surface area contributed by atoms with E-state index < -0.39 is 29.1 Å². The van der Waals surface area contributed by atoms with Crippen LogP contribution >= 0.6 is 0 Å². The molecule has 5 heteroatoms. The number of benzene rings is 2. The average molecular weight is 362 g/mol. The van der Waals surface area contributed by atoms with Crippen LogP contribution in [0.25, 0.3) is 0 Å². The van der Waals surface area contributed by atoms with Crippen LogP contribution in [0.5, 0.6) is 0 Å². The van der Waals surface area contributed by atoms with Crippen LogP contribution in [0, 0.1) is 5.41 Å². The first-order valence-corrected chi connectivity index (χ1v) is 9.24. The third kappa shape index (κ3) is 1.57. The minimum atomic E-state index is -1.23. The van der Waals surface area contributed by atoms with Gasteiger partial charge in [0, 0.05) is 11.8 Å². The van der Waals surface area contributed by atoms with E-state index >= 15 is 0 Å². The molecule has 0 saturated carbocycles. The molecule has 2 spiro atoms. The fraction of sp³-hybridized carbons (Fsp3) is 0.364. The lowest BCUT2D eigenvalue weighted by atomic mass is 9.48. The van der Waals surface area contributed by atoms with Gasteiger partial charge in [-0.3, -0.25) is 0 Å². The van der Waals surface area contributed by atoms with E-state index in [0.717, 1.165) is 6.42 Å². The summed E-state index contributed by atoms with van der Waals surface area (Å²) in [5.41, 5.74) is 3.21. The second kappa shape index (κ2) is 4.78. The van der Waals surface area contributed by atoms with Gasteiger partial charge in [-0.2, -0.15) is 0 Å². The Morgan fingerprint density at radius 3 is 2.22 bits per heavy atom. The van der Waals surface area contributed by atoms with E-state index in [2.05, 4.69) is 36.4 Å². The molecule has 0 aromatic heterocycles. The number of rotatable bonds is 1. The van der Waals surface area contributed by atoms with E-state index in [0.29, 0.717) is 0 Å². The predicted molar refractivity (Wildman–Crippen MR) is 94.2 cm³/mol. The second-order valence-corrected chi connectivity index (χ2v) is 7.94. The van der Waals surface area contributed by atoms with E-state index in [1.54, 1.807) is 0 Å². The zero-order valence-corrected chi connectivity index (χ0v) is 14.8. The molecule has 2 bridgehead atoms. The van der Waals surface area contributed by atoms with Crippen molar-refractivity contribution < 1.29 is 23.8 Å². The Bertz CT molecular complexity index is 966. The molecule has 2 saturated heterocycles. The van der Waals surface area contributed by atoms with Crippen molar-refractivity contribution in [3.05, 3.63) is 70.8 Å². The zero-order valence-electron chi connectivity index (χ0n) is 14.8. The van der Waals surface area contributed by atoms with Crippen LogP contribution in [-0.4, -0.2) is 37.4 Å². The monoisotopic (exact) mass is 362 g/mol. The van der Waals surface area contributed by atoms with Gasteiger partial charge in [0.05, 0.1) is 12.5 Å². The molecule has 2 fully saturated rings. The molecule has 2 aromatic rings. The maximum Gasteiger partial charge on any atom is 0.342 e. The summed E-state index contributed by atoms with van der Waals surface area (Å²) >= 11 is 0. The summed E-state index contributed by atoms with van der Waals surface area (Å²) in [5.74, 6) is -0.816. The molecular weight excluding hydrogens is 344 g/mol. The van der Waals surface area contributed by atoms with E-state index in [-0.39, 0.29) is 18.4 Å². The number of hydrogen-bond acceptors (Lipinski definition) is 5. The van der Waals surface area contributed by atoms with Crippen LogP contribution < -0.4 is 0 Å². The first-order chi connectivity index (χ1) is 13.1. The van der Waals surface area contributed by atoms with Crippen molar-refractivity contribution in [2.45, 2.75) is 30.0 Å². The number of epoxide rings is 1. The molecule has 0 amide bonds. The first-order valence-electron chi connectivity index (χ1n) is 9.24. The number of esters is 2. The lowest BCUT2D eigenvalue weighted by Crippen LogP contribution is -2.52. The van der Waals surface area contributed by atoms with Crippen LogP contribution in [0.3, 0.4) is 0 Å². The first kappa shape index (κ1) is 15.4. The largest absolute Gasteiger partial charge is 0.467 e. The highest BCUT2D eigenvalue weighted by Crippen LogP contribution is 2.71. The van der Waals surface area contributed by atoms with Gasteiger partial charge in [0.25, 0.3) is 0 Å². The van der Waals surface area contributed by atoms with Crippen LogP contribution in [-0.2, 0) is 23.8 Å². The Hall–Kier alpha value is -2.66. The third-order valence-electron chi connectivity index (χ3n) is 7.02. The Labute approximate surface area is 156 Å². The summed E-state index contributed by atoms with van der Waals surface area (Å²) in [5, 5.41) is 0. The highest BCUT2D eigenvalue weighted by Gasteiger charge is 2.84. The van der Waals surface area contributed by atoms with Gasteiger partial charge in [-0.1, -0.05) is 48.5 Å². The summed E-state index contributed by atoms with van der Waals surface area (Å²) in [7, 11) is 1.32. The van der Waals surface area contributed by atoms with Crippen LogP contribution in [0.1, 0.15) is 40.5 Å². The van der Waals surface area contributed by atoms with Crippen molar-refractivity contribution in [2.24, 2.45) is 5.41 Å². The number of ether oxygens (including phenoxy) is 3. The Balaban J connectivity index is 1.60. The molecule has 0 radical (unpaired) electrons. The molecule has 5 aliphatic rings. The standard InChI is InChI=1S/C22H18O5/c1-25-19(23)18-22(27-18)20(24)26-11-21(22)10-16-12-6-2-4-8-14(12)17(21)15-9-5-3-7-13(15)16/h2-9,16-18H,10-11H2,1H3/t16?,17?,18-,21?,22-/m0/s1. The molecule has 136 valence electrons. The highest BCUT2D eigenvalue weighted by molar-refractivity contribution is 5.97. The Morgan fingerprint density at radius 2 is 1.63 bits per heavy atom. The zero-order chi connectivity index (χ0) is 18.4. The van der Waals surface area contributed by atoms with Crippen LogP contribution in [0.2, 0.25) is 0 Å². The van der Waals surface area contributed by atoms with Gasteiger partial charge in [-0.05, 0) is 28.7 Å². The molecular formula is C22H18O5. The van der Waals surface area contributed by atoms with E-state index in [9.17, 15) is 9.59 Å². The van der Waals surface area contributed by atoms with Gasteiger partial charge >= 0.3 is 11.9 Å². The van der Waals surface area contributed by atoms with Crippen LogP contribution in [0.15, 0.2) is 48.5 Å². The molecule has 7 rings (SSSR count). The maximum atomic E-state index is 12.8. The van der Waals surface area contributed by atoms with Gasteiger partial charge in [0.2, 0.25) is 5.60 Å². The van der Waals surface area contributed by atoms with Crippen molar-refractivity contribution in [3.63, 3.8) is 0 Å². The minimum Gasteiger partial charge on any atom is -0.467 e. The summed E-state index contributed by atoms with van der Waals surface area (Å²) < 4.78 is 16.3. The fourth-order valence-corrected chi connectivity index (χ4v) is 5.94. The van der Waals surface area contributed by atoms with E-state index in [4.69, 9.17) is 14.2 Å². The number of carbonyl (C=O) groups excluding carboxylic acids is 2. The molecule has 0 N–H and O–H groups in total. The quantitative estimate of drug-likeness (QED) is 0.576. The summed E-state index contributed by atoms with van der Waals surface area (Å²) in [6, 6.07) is 16.8. The van der Waals surface area contributed by atoms with Crippen molar-refractivity contribution in [1.29, 1.82) is 0 Å². The summed E-state index contributed by atoms with van der Waals surface area (Å²) in [6.45, 7) is 0.267. The van der Waals surface area contributed by atoms with Crippen molar-refractivity contribution in [3.8, 4) is 0 Å². The molecule has 2 heterocycles. The molecule has 3 atom stereocenters.